The molecule has 0 atom stereocenters. The number of rotatable bonds is 3. The lowest BCUT2D eigenvalue weighted by molar-refractivity contribution is -0.268. The van der Waals surface area contributed by atoms with Gasteiger partial charge in [0.15, 0.2) is 0 Å². The molecule has 0 heterocycles. The van der Waals surface area contributed by atoms with Gasteiger partial charge in [0.25, 0.3) is 0 Å². The fourth-order valence-corrected chi connectivity index (χ4v) is 1.37. The van der Waals surface area contributed by atoms with Gasteiger partial charge >= 0.3 is 0 Å². The van der Waals surface area contributed by atoms with Crippen LogP contribution in [-0.2, 0) is 0 Å². The normalized spacial score (nSPS) is 10.8. The van der Waals surface area contributed by atoms with Gasteiger partial charge in [-0.15, -0.1) is 11.0 Å². The molecule has 2 aromatic rings. The van der Waals surface area contributed by atoms with Gasteiger partial charge in [0.05, 0.1) is 11.4 Å². The van der Waals surface area contributed by atoms with Gasteiger partial charge in [-0.2, -0.15) is 0 Å². The van der Waals surface area contributed by atoms with Gasteiger partial charge in [-0.05, 0) is 29.8 Å². The van der Waals surface area contributed by atoms with Gasteiger partial charge in [-0.3, -0.25) is 15.4 Å². The standard InChI is InChI=1S/C13H12N2O3/c16-13-7-1-10(2-8-13)9-14-11-3-5-12(6-4-11)15(17)18/h1-9,16-18H/p-1. The molecular weight excluding hydrogens is 232 g/mol. The lowest BCUT2D eigenvalue weighted by Gasteiger charge is -2.06. The van der Waals surface area contributed by atoms with E-state index < -0.39 is 0 Å². The highest BCUT2D eigenvalue weighted by atomic mass is 16.8. The van der Waals surface area contributed by atoms with Crippen molar-refractivity contribution >= 4 is 17.6 Å². The van der Waals surface area contributed by atoms with Crippen molar-refractivity contribution in [1.82, 2.24) is 0 Å². The summed E-state index contributed by atoms with van der Waals surface area (Å²) in [6.45, 7) is 0. The smallest absolute Gasteiger partial charge is 0.0944 e. The Hall–Kier alpha value is -2.37. The molecule has 0 amide bonds. The maximum Gasteiger partial charge on any atom is 0.0944 e. The number of anilines is 1. The van der Waals surface area contributed by atoms with Crippen molar-refractivity contribution in [2.45, 2.75) is 0 Å². The van der Waals surface area contributed by atoms with Crippen molar-refractivity contribution in [1.29, 1.82) is 0 Å². The molecule has 0 saturated carbocycles. The van der Waals surface area contributed by atoms with Gasteiger partial charge in [0.1, 0.15) is 0 Å². The van der Waals surface area contributed by atoms with E-state index in [-0.39, 0.29) is 16.7 Å². The molecular formula is C13H11N2O3-. The third-order valence-electron chi connectivity index (χ3n) is 2.32. The molecule has 0 fully saturated rings. The first kappa shape index (κ1) is 12.1. The summed E-state index contributed by atoms with van der Waals surface area (Å²) in [5.74, 6) is -0.0394. The summed E-state index contributed by atoms with van der Waals surface area (Å²) < 4.78 is 0. The summed E-state index contributed by atoms with van der Waals surface area (Å²) in [7, 11) is 0. The Morgan fingerprint density at radius 3 is 2.11 bits per heavy atom. The Balaban J connectivity index is 2.11. The summed E-state index contributed by atoms with van der Waals surface area (Å²) in [4.78, 5) is 4.20. The van der Waals surface area contributed by atoms with Crippen molar-refractivity contribution in [2.75, 3.05) is 5.23 Å². The molecule has 0 saturated heterocycles. The van der Waals surface area contributed by atoms with Crippen LogP contribution < -0.4 is 10.3 Å². The average Bonchev–Trinajstić information content (AvgIpc) is 2.38. The quantitative estimate of drug-likeness (QED) is 0.639. The highest BCUT2D eigenvalue weighted by Crippen LogP contribution is 2.17. The molecule has 0 spiro atoms. The summed E-state index contributed by atoms with van der Waals surface area (Å²) in [5.41, 5.74) is 1.75. The Kier molecular flexibility index (Phi) is 3.57. The van der Waals surface area contributed by atoms with Gasteiger partial charge in [0, 0.05) is 6.21 Å². The van der Waals surface area contributed by atoms with Crippen molar-refractivity contribution < 1.29 is 15.5 Å². The Bertz CT molecular complexity index is 533. The lowest BCUT2D eigenvalue weighted by atomic mass is 10.2. The first-order chi connectivity index (χ1) is 8.65. The monoisotopic (exact) mass is 243 g/mol. The maximum absolute atomic E-state index is 10.9. The van der Waals surface area contributed by atoms with Crippen LogP contribution in [-0.4, -0.2) is 16.6 Å². The zero-order valence-corrected chi connectivity index (χ0v) is 9.39. The fraction of sp³-hybridized carbons (Fsp3) is 0. The lowest BCUT2D eigenvalue weighted by Crippen LogP contribution is -2.10. The first-order valence-electron chi connectivity index (χ1n) is 5.24. The second-order valence-electron chi connectivity index (χ2n) is 3.63. The topological polar surface area (TPSA) is 79.1 Å². The summed E-state index contributed by atoms with van der Waals surface area (Å²) >= 11 is 0. The Morgan fingerprint density at radius 1 is 0.944 bits per heavy atom. The largest absolute Gasteiger partial charge is 0.872 e. The van der Waals surface area contributed by atoms with E-state index in [0.29, 0.717) is 5.69 Å². The third-order valence-corrected chi connectivity index (χ3v) is 2.32. The molecule has 2 rings (SSSR count). The van der Waals surface area contributed by atoms with E-state index >= 15 is 0 Å². The van der Waals surface area contributed by atoms with Crippen molar-refractivity contribution in [3.05, 3.63) is 54.1 Å². The maximum atomic E-state index is 10.9. The number of aliphatic imine (C=N–C) groups is 1. The van der Waals surface area contributed by atoms with E-state index in [1.54, 1.807) is 30.5 Å². The SMILES string of the molecule is [O-]c1ccc(C=Nc2ccc(N(O)O)cc2)cc1. The number of benzene rings is 2. The minimum Gasteiger partial charge on any atom is -0.872 e. The van der Waals surface area contributed by atoms with Crippen molar-refractivity contribution in [3.8, 4) is 5.75 Å². The first-order valence-corrected chi connectivity index (χ1v) is 5.24. The predicted octanol–water partition coefficient (Wildman–Crippen LogP) is 2.10. The predicted molar refractivity (Wildman–Crippen MR) is 65.6 cm³/mol. The fourth-order valence-electron chi connectivity index (χ4n) is 1.37. The second kappa shape index (κ2) is 5.31. The zero-order valence-electron chi connectivity index (χ0n) is 9.39. The summed E-state index contributed by atoms with van der Waals surface area (Å²) in [6.07, 6.45) is 1.63. The minimum absolute atomic E-state index is 0.0394. The molecule has 2 aromatic carbocycles. The average molecular weight is 243 g/mol. The van der Waals surface area contributed by atoms with E-state index in [9.17, 15) is 5.11 Å². The van der Waals surface area contributed by atoms with Gasteiger partial charge in [0.2, 0.25) is 0 Å². The van der Waals surface area contributed by atoms with Gasteiger partial charge < -0.3 is 5.11 Å². The molecule has 0 unspecified atom stereocenters. The molecule has 0 radical (unpaired) electrons. The molecule has 2 N–H and O–H groups in total. The third kappa shape index (κ3) is 3.07. The van der Waals surface area contributed by atoms with Crippen LogP contribution in [0.15, 0.2) is 53.5 Å². The second-order valence-corrected chi connectivity index (χ2v) is 3.63. The van der Waals surface area contributed by atoms with Crippen LogP contribution in [0.4, 0.5) is 11.4 Å². The molecule has 5 nitrogen and oxygen atoms in total. The van der Waals surface area contributed by atoms with Crippen LogP contribution in [0.25, 0.3) is 0 Å². The molecule has 0 aliphatic rings. The minimum atomic E-state index is -0.0394. The van der Waals surface area contributed by atoms with Crippen LogP contribution >= 0.6 is 0 Å². The summed E-state index contributed by atoms with van der Waals surface area (Å²) in [5, 5.41) is 28.5. The van der Waals surface area contributed by atoms with E-state index in [0.717, 1.165) is 5.56 Å². The van der Waals surface area contributed by atoms with E-state index in [1.807, 2.05) is 0 Å². The molecule has 0 aliphatic heterocycles. The number of hydrogen-bond donors (Lipinski definition) is 2. The van der Waals surface area contributed by atoms with Crippen LogP contribution in [0.1, 0.15) is 5.56 Å². The van der Waals surface area contributed by atoms with E-state index in [2.05, 4.69) is 4.99 Å². The van der Waals surface area contributed by atoms with Crippen molar-refractivity contribution in [2.24, 2.45) is 4.99 Å². The van der Waals surface area contributed by atoms with E-state index in [4.69, 9.17) is 10.4 Å². The van der Waals surface area contributed by atoms with Crippen LogP contribution in [0, 0.1) is 0 Å². The van der Waals surface area contributed by atoms with Crippen LogP contribution in [0.5, 0.6) is 5.75 Å². The molecule has 5 heteroatoms. The van der Waals surface area contributed by atoms with Crippen LogP contribution in [0.3, 0.4) is 0 Å². The highest BCUT2D eigenvalue weighted by Gasteiger charge is 1.97. The number of nitrogens with zero attached hydrogens (tertiary/aromatic N) is 2. The number of hydrogen-bond acceptors (Lipinski definition) is 5. The molecule has 0 aliphatic carbocycles. The molecule has 18 heavy (non-hydrogen) atoms. The van der Waals surface area contributed by atoms with E-state index in [1.165, 1.54) is 24.3 Å². The Labute approximate surface area is 104 Å². The van der Waals surface area contributed by atoms with Gasteiger partial charge in [-0.1, -0.05) is 24.3 Å². The zero-order chi connectivity index (χ0) is 13.0. The molecule has 92 valence electrons. The molecule has 0 aromatic heterocycles. The van der Waals surface area contributed by atoms with Gasteiger partial charge in [-0.25, -0.2) is 0 Å². The van der Waals surface area contributed by atoms with Crippen LogP contribution in [0.2, 0.25) is 0 Å². The molecule has 0 bridgehead atoms. The highest BCUT2D eigenvalue weighted by molar-refractivity contribution is 5.82. The summed E-state index contributed by atoms with van der Waals surface area (Å²) in [6, 6.07) is 12.6. The van der Waals surface area contributed by atoms with Crippen molar-refractivity contribution in [3.63, 3.8) is 0 Å². The Morgan fingerprint density at radius 2 is 1.56 bits per heavy atom.